The first-order chi connectivity index (χ1) is 7.72. The molecule has 0 unspecified atom stereocenters. The lowest BCUT2D eigenvalue weighted by Gasteiger charge is -2.13. The minimum atomic E-state index is -0.316. The van der Waals surface area contributed by atoms with Crippen molar-refractivity contribution in [3.05, 3.63) is 39.4 Å². The molecule has 1 heterocycles. The first-order valence-electron chi connectivity index (χ1n) is 5.71. The highest BCUT2D eigenvalue weighted by atomic mass is 16.6. The van der Waals surface area contributed by atoms with Gasteiger partial charge in [0.05, 0.1) is 4.92 Å². The Morgan fingerprint density at radius 1 is 1.31 bits per heavy atom. The van der Waals surface area contributed by atoms with Crippen molar-refractivity contribution in [2.24, 2.45) is 5.92 Å². The standard InChI is InChI=1S/C12H14N2O2/c15-14(16)12-4-3-10-7-13(6-9-1-2-9)8-11(10)5-12/h3-5,9H,1-2,6-8H2. The normalized spacial score (nSPS) is 19.8. The zero-order valence-corrected chi connectivity index (χ0v) is 9.06. The summed E-state index contributed by atoms with van der Waals surface area (Å²) in [5, 5.41) is 10.7. The summed E-state index contributed by atoms with van der Waals surface area (Å²) in [6.45, 7) is 3.00. The molecule has 0 radical (unpaired) electrons. The molecule has 1 aliphatic heterocycles. The summed E-state index contributed by atoms with van der Waals surface area (Å²) in [5.74, 6) is 0.879. The van der Waals surface area contributed by atoms with Gasteiger partial charge in [-0.3, -0.25) is 15.0 Å². The predicted octanol–water partition coefficient (Wildman–Crippen LogP) is 2.32. The van der Waals surface area contributed by atoms with E-state index < -0.39 is 0 Å². The van der Waals surface area contributed by atoms with Crippen LogP contribution in [0.2, 0.25) is 0 Å². The van der Waals surface area contributed by atoms with Crippen LogP contribution < -0.4 is 0 Å². The lowest BCUT2D eigenvalue weighted by molar-refractivity contribution is -0.384. The van der Waals surface area contributed by atoms with Crippen molar-refractivity contribution < 1.29 is 4.92 Å². The first kappa shape index (κ1) is 9.78. The maximum Gasteiger partial charge on any atom is 0.269 e. The lowest BCUT2D eigenvalue weighted by Crippen LogP contribution is -2.18. The van der Waals surface area contributed by atoms with Crippen LogP contribution in [0.1, 0.15) is 24.0 Å². The Bertz CT molecular complexity index is 441. The van der Waals surface area contributed by atoms with Gasteiger partial charge in [-0.2, -0.15) is 0 Å². The minimum Gasteiger partial charge on any atom is -0.295 e. The molecule has 4 nitrogen and oxygen atoms in total. The van der Waals surface area contributed by atoms with Crippen LogP contribution in [0.3, 0.4) is 0 Å². The van der Waals surface area contributed by atoms with Gasteiger partial charge in [0.2, 0.25) is 0 Å². The van der Waals surface area contributed by atoms with E-state index in [1.165, 1.54) is 18.4 Å². The number of rotatable bonds is 3. The van der Waals surface area contributed by atoms with Crippen LogP contribution in [0.15, 0.2) is 18.2 Å². The van der Waals surface area contributed by atoms with Crippen molar-refractivity contribution in [3.63, 3.8) is 0 Å². The Morgan fingerprint density at radius 3 is 2.75 bits per heavy atom. The molecule has 1 aliphatic carbocycles. The molecule has 1 fully saturated rings. The second-order valence-corrected chi connectivity index (χ2v) is 4.82. The van der Waals surface area contributed by atoms with Gasteiger partial charge in [0.1, 0.15) is 0 Å². The highest BCUT2D eigenvalue weighted by Crippen LogP contribution is 2.33. The van der Waals surface area contributed by atoms with E-state index in [2.05, 4.69) is 4.90 Å². The molecule has 0 amide bonds. The lowest BCUT2D eigenvalue weighted by atomic mass is 10.1. The molecule has 4 heteroatoms. The molecule has 84 valence electrons. The minimum absolute atomic E-state index is 0.215. The molecule has 0 atom stereocenters. The van der Waals surface area contributed by atoms with Crippen LogP contribution in [-0.4, -0.2) is 16.4 Å². The van der Waals surface area contributed by atoms with Crippen LogP contribution in [-0.2, 0) is 13.1 Å². The van der Waals surface area contributed by atoms with Gasteiger partial charge in [-0.25, -0.2) is 0 Å². The summed E-state index contributed by atoms with van der Waals surface area (Å²) in [6, 6.07) is 5.24. The molecule has 3 rings (SSSR count). The van der Waals surface area contributed by atoms with Crippen LogP contribution in [0.5, 0.6) is 0 Å². The molecular weight excluding hydrogens is 204 g/mol. The Balaban J connectivity index is 1.77. The monoisotopic (exact) mass is 218 g/mol. The Kier molecular flexibility index (Phi) is 2.17. The highest BCUT2D eigenvalue weighted by Gasteiger charge is 2.28. The SMILES string of the molecule is O=[N+]([O-])c1ccc2c(c1)CN(CC1CC1)C2. The summed E-state index contributed by atoms with van der Waals surface area (Å²) in [6.07, 6.45) is 2.71. The van der Waals surface area contributed by atoms with E-state index in [0.29, 0.717) is 0 Å². The number of benzene rings is 1. The average Bonchev–Trinajstić information content (AvgIpc) is 2.96. The van der Waals surface area contributed by atoms with Crippen molar-refractivity contribution in [2.45, 2.75) is 25.9 Å². The van der Waals surface area contributed by atoms with Gasteiger partial charge in [0, 0.05) is 31.8 Å². The van der Waals surface area contributed by atoms with Crippen molar-refractivity contribution in [2.75, 3.05) is 6.54 Å². The number of nitro groups is 1. The molecular formula is C12H14N2O2. The Morgan fingerprint density at radius 2 is 2.06 bits per heavy atom. The maximum atomic E-state index is 10.7. The fraction of sp³-hybridized carbons (Fsp3) is 0.500. The summed E-state index contributed by atoms with van der Waals surface area (Å²) >= 11 is 0. The number of fused-ring (bicyclic) bond motifs is 1. The third-order valence-corrected chi connectivity index (χ3v) is 3.40. The van der Waals surface area contributed by atoms with E-state index in [9.17, 15) is 10.1 Å². The summed E-state index contributed by atoms with van der Waals surface area (Å²) in [7, 11) is 0. The predicted molar refractivity (Wildman–Crippen MR) is 59.9 cm³/mol. The van der Waals surface area contributed by atoms with Crippen molar-refractivity contribution in [1.29, 1.82) is 0 Å². The van der Waals surface area contributed by atoms with Crippen LogP contribution >= 0.6 is 0 Å². The van der Waals surface area contributed by atoms with Crippen molar-refractivity contribution in [3.8, 4) is 0 Å². The van der Waals surface area contributed by atoms with E-state index in [0.717, 1.165) is 31.1 Å². The molecule has 0 saturated heterocycles. The van der Waals surface area contributed by atoms with E-state index in [1.807, 2.05) is 6.07 Å². The number of hydrogen-bond acceptors (Lipinski definition) is 3. The zero-order chi connectivity index (χ0) is 11.1. The van der Waals surface area contributed by atoms with Gasteiger partial charge in [-0.1, -0.05) is 6.07 Å². The van der Waals surface area contributed by atoms with Gasteiger partial charge in [0.15, 0.2) is 0 Å². The molecule has 0 aromatic heterocycles. The average molecular weight is 218 g/mol. The summed E-state index contributed by atoms with van der Waals surface area (Å²) < 4.78 is 0. The van der Waals surface area contributed by atoms with Gasteiger partial charge in [-0.15, -0.1) is 0 Å². The smallest absolute Gasteiger partial charge is 0.269 e. The second kappa shape index (κ2) is 3.56. The van der Waals surface area contributed by atoms with Crippen LogP contribution in [0.4, 0.5) is 5.69 Å². The quantitative estimate of drug-likeness (QED) is 0.577. The van der Waals surface area contributed by atoms with E-state index in [-0.39, 0.29) is 10.6 Å². The summed E-state index contributed by atoms with van der Waals surface area (Å²) in [5.41, 5.74) is 2.60. The van der Waals surface area contributed by atoms with E-state index in [4.69, 9.17) is 0 Å². The fourth-order valence-electron chi connectivity index (χ4n) is 2.36. The van der Waals surface area contributed by atoms with Gasteiger partial charge >= 0.3 is 0 Å². The molecule has 2 aliphatic rings. The molecule has 1 saturated carbocycles. The van der Waals surface area contributed by atoms with E-state index in [1.54, 1.807) is 12.1 Å². The number of nitro benzene ring substituents is 1. The van der Waals surface area contributed by atoms with E-state index >= 15 is 0 Å². The van der Waals surface area contributed by atoms with Gasteiger partial charge in [0.25, 0.3) is 5.69 Å². The molecule has 1 aromatic carbocycles. The fourth-order valence-corrected chi connectivity index (χ4v) is 2.36. The van der Waals surface area contributed by atoms with Crippen LogP contribution in [0, 0.1) is 16.0 Å². The second-order valence-electron chi connectivity index (χ2n) is 4.82. The largest absolute Gasteiger partial charge is 0.295 e. The van der Waals surface area contributed by atoms with Crippen molar-refractivity contribution in [1.82, 2.24) is 4.90 Å². The molecule has 0 N–H and O–H groups in total. The maximum absolute atomic E-state index is 10.7. The molecule has 0 bridgehead atoms. The molecule has 16 heavy (non-hydrogen) atoms. The van der Waals surface area contributed by atoms with Gasteiger partial charge in [-0.05, 0) is 29.9 Å². The molecule has 1 aromatic rings. The third kappa shape index (κ3) is 1.80. The number of non-ortho nitro benzene ring substituents is 1. The zero-order valence-electron chi connectivity index (χ0n) is 9.06. The topological polar surface area (TPSA) is 46.4 Å². The van der Waals surface area contributed by atoms with Crippen molar-refractivity contribution >= 4 is 5.69 Å². The third-order valence-electron chi connectivity index (χ3n) is 3.40. The first-order valence-corrected chi connectivity index (χ1v) is 5.71. The Labute approximate surface area is 94.0 Å². The Hall–Kier alpha value is -1.42. The van der Waals surface area contributed by atoms with Crippen LogP contribution in [0.25, 0.3) is 0 Å². The molecule has 0 spiro atoms. The summed E-state index contributed by atoms with van der Waals surface area (Å²) in [4.78, 5) is 12.7. The van der Waals surface area contributed by atoms with Gasteiger partial charge < -0.3 is 0 Å². The highest BCUT2D eigenvalue weighted by molar-refractivity contribution is 5.41. The number of hydrogen-bond donors (Lipinski definition) is 0. The number of nitrogens with zero attached hydrogens (tertiary/aromatic N) is 2.